The maximum absolute atomic E-state index is 5.56. The molecule has 1 saturated heterocycles. The Labute approximate surface area is 121 Å². The highest BCUT2D eigenvalue weighted by Crippen LogP contribution is 2.23. The van der Waals surface area contributed by atoms with Gasteiger partial charge >= 0.3 is 0 Å². The summed E-state index contributed by atoms with van der Waals surface area (Å²) in [4.78, 5) is 2.50. The molecule has 1 aliphatic heterocycles. The molecule has 0 N–H and O–H groups in total. The zero-order valence-electron chi connectivity index (χ0n) is 12.7. The lowest BCUT2D eigenvalue weighted by molar-refractivity contribution is -0.0127. The molecule has 1 fully saturated rings. The van der Waals surface area contributed by atoms with Gasteiger partial charge in [0.25, 0.3) is 0 Å². The molecular weight excluding hydrogens is 254 g/mol. The number of hydrogen-bond donors (Lipinski definition) is 0. The van der Waals surface area contributed by atoms with Crippen molar-refractivity contribution in [3.05, 3.63) is 29.3 Å². The fourth-order valence-corrected chi connectivity index (χ4v) is 2.71. The van der Waals surface area contributed by atoms with E-state index in [2.05, 4.69) is 24.0 Å². The van der Waals surface area contributed by atoms with Crippen molar-refractivity contribution in [3.8, 4) is 5.75 Å². The van der Waals surface area contributed by atoms with Gasteiger partial charge in [-0.3, -0.25) is 4.90 Å². The van der Waals surface area contributed by atoms with Crippen LogP contribution in [0, 0.1) is 0 Å². The summed E-state index contributed by atoms with van der Waals surface area (Å²) >= 11 is 0. The molecule has 0 aromatic heterocycles. The lowest BCUT2D eigenvalue weighted by Gasteiger charge is -2.35. The van der Waals surface area contributed by atoms with E-state index < -0.39 is 0 Å². The van der Waals surface area contributed by atoms with Crippen molar-refractivity contribution in [2.45, 2.75) is 32.5 Å². The molecule has 1 aromatic carbocycles. The molecule has 0 aliphatic carbocycles. The van der Waals surface area contributed by atoms with Gasteiger partial charge in [-0.05, 0) is 24.1 Å². The van der Waals surface area contributed by atoms with Crippen molar-refractivity contribution in [2.75, 3.05) is 34.0 Å². The monoisotopic (exact) mass is 279 g/mol. The number of methoxy groups -OCH3 is 2. The molecule has 0 unspecified atom stereocenters. The number of rotatable bonds is 6. The van der Waals surface area contributed by atoms with E-state index >= 15 is 0 Å². The minimum Gasteiger partial charge on any atom is -0.496 e. The van der Waals surface area contributed by atoms with E-state index in [1.54, 1.807) is 14.2 Å². The van der Waals surface area contributed by atoms with E-state index in [9.17, 15) is 0 Å². The van der Waals surface area contributed by atoms with Crippen LogP contribution >= 0.6 is 0 Å². The SMILES string of the molecule is CC[C@H]1COCCN1Cc1ccc(OC)c(COC)c1. The fourth-order valence-electron chi connectivity index (χ4n) is 2.71. The standard InChI is InChI=1S/C16H25NO3/c1-4-15-12-20-8-7-17(15)10-13-5-6-16(19-3)14(9-13)11-18-2/h5-6,9,15H,4,7-8,10-12H2,1-3H3/t15-/m0/s1. The first kappa shape index (κ1) is 15.3. The molecule has 0 spiro atoms. The summed E-state index contributed by atoms with van der Waals surface area (Å²) in [7, 11) is 3.41. The summed E-state index contributed by atoms with van der Waals surface area (Å²) in [6, 6.07) is 6.88. The molecule has 2 rings (SSSR count). The maximum atomic E-state index is 5.56. The van der Waals surface area contributed by atoms with Gasteiger partial charge in [0.1, 0.15) is 5.75 Å². The lowest BCUT2D eigenvalue weighted by Crippen LogP contribution is -2.44. The van der Waals surface area contributed by atoms with Gasteiger partial charge in [0.05, 0.1) is 26.9 Å². The Morgan fingerprint density at radius 2 is 2.20 bits per heavy atom. The highest BCUT2D eigenvalue weighted by atomic mass is 16.5. The third-order valence-corrected chi connectivity index (χ3v) is 3.85. The Hall–Kier alpha value is -1.10. The van der Waals surface area contributed by atoms with Gasteiger partial charge in [-0.25, -0.2) is 0 Å². The van der Waals surface area contributed by atoms with Crippen LogP contribution in [-0.2, 0) is 22.6 Å². The van der Waals surface area contributed by atoms with E-state index in [0.717, 1.165) is 44.0 Å². The van der Waals surface area contributed by atoms with Crippen molar-refractivity contribution in [1.82, 2.24) is 4.90 Å². The molecule has 4 heteroatoms. The van der Waals surface area contributed by atoms with E-state index in [4.69, 9.17) is 14.2 Å². The first-order chi connectivity index (χ1) is 9.78. The second kappa shape index (κ2) is 7.62. The van der Waals surface area contributed by atoms with Gasteiger partial charge in [0, 0.05) is 31.8 Å². The maximum Gasteiger partial charge on any atom is 0.124 e. The van der Waals surface area contributed by atoms with Crippen molar-refractivity contribution in [3.63, 3.8) is 0 Å². The summed E-state index contributed by atoms with van der Waals surface area (Å²) in [5.41, 5.74) is 2.41. The first-order valence-corrected chi connectivity index (χ1v) is 7.25. The first-order valence-electron chi connectivity index (χ1n) is 7.25. The third-order valence-electron chi connectivity index (χ3n) is 3.85. The molecule has 1 aromatic rings. The molecule has 0 bridgehead atoms. The van der Waals surface area contributed by atoms with Gasteiger partial charge in [-0.1, -0.05) is 13.0 Å². The average Bonchev–Trinajstić information content (AvgIpc) is 2.48. The third kappa shape index (κ3) is 3.72. The largest absolute Gasteiger partial charge is 0.496 e. The summed E-state index contributed by atoms with van der Waals surface area (Å²) < 4.78 is 16.2. The number of benzene rings is 1. The lowest BCUT2D eigenvalue weighted by atomic mass is 10.1. The number of hydrogen-bond acceptors (Lipinski definition) is 4. The fraction of sp³-hybridized carbons (Fsp3) is 0.625. The summed E-state index contributed by atoms with van der Waals surface area (Å²) in [5.74, 6) is 0.893. The van der Waals surface area contributed by atoms with Crippen LogP contribution in [0.1, 0.15) is 24.5 Å². The van der Waals surface area contributed by atoms with Crippen molar-refractivity contribution in [1.29, 1.82) is 0 Å². The Kier molecular flexibility index (Phi) is 5.83. The van der Waals surface area contributed by atoms with E-state index in [1.165, 1.54) is 5.56 Å². The van der Waals surface area contributed by atoms with Gasteiger partial charge in [-0.2, -0.15) is 0 Å². The Balaban J connectivity index is 2.10. The number of nitrogens with zero attached hydrogens (tertiary/aromatic N) is 1. The smallest absolute Gasteiger partial charge is 0.124 e. The number of ether oxygens (including phenoxy) is 3. The molecule has 1 heterocycles. The van der Waals surface area contributed by atoms with Crippen LogP contribution in [0.5, 0.6) is 5.75 Å². The van der Waals surface area contributed by atoms with Crippen LogP contribution in [-0.4, -0.2) is 44.9 Å². The van der Waals surface area contributed by atoms with E-state index in [1.807, 2.05) is 6.07 Å². The van der Waals surface area contributed by atoms with Crippen LogP contribution in [0.25, 0.3) is 0 Å². The molecule has 0 radical (unpaired) electrons. The van der Waals surface area contributed by atoms with E-state index in [0.29, 0.717) is 12.6 Å². The second-order valence-electron chi connectivity index (χ2n) is 5.19. The van der Waals surface area contributed by atoms with Crippen LogP contribution in [0.15, 0.2) is 18.2 Å². The van der Waals surface area contributed by atoms with Crippen molar-refractivity contribution in [2.24, 2.45) is 0 Å². The van der Waals surface area contributed by atoms with E-state index in [-0.39, 0.29) is 0 Å². The molecule has 0 saturated carbocycles. The topological polar surface area (TPSA) is 30.9 Å². The van der Waals surface area contributed by atoms with Crippen LogP contribution < -0.4 is 4.74 Å². The van der Waals surface area contributed by atoms with Crippen LogP contribution in [0.4, 0.5) is 0 Å². The highest BCUT2D eigenvalue weighted by molar-refractivity contribution is 5.37. The quantitative estimate of drug-likeness (QED) is 0.800. The van der Waals surface area contributed by atoms with Gasteiger partial charge in [-0.15, -0.1) is 0 Å². The normalized spacial score (nSPS) is 20.1. The predicted molar refractivity (Wildman–Crippen MR) is 79.0 cm³/mol. The Morgan fingerprint density at radius 3 is 2.90 bits per heavy atom. The van der Waals surface area contributed by atoms with Gasteiger partial charge in [0.15, 0.2) is 0 Å². The van der Waals surface area contributed by atoms with Crippen molar-refractivity contribution < 1.29 is 14.2 Å². The second-order valence-corrected chi connectivity index (χ2v) is 5.19. The Morgan fingerprint density at radius 1 is 1.35 bits per heavy atom. The highest BCUT2D eigenvalue weighted by Gasteiger charge is 2.21. The predicted octanol–water partition coefficient (Wildman–Crippen LogP) is 2.45. The van der Waals surface area contributed by atoms with Gasteiger partial charge in [0.2, 0.25) is 0 Å². The minimum atomic E-state index is 0.525. The number of morpholine rings is 1. The zero-order chi connectivity index (χ0) is 14.4. The molecule has 1 atom stereocenters. The van der Waals surface area contributed by atoms with Crippen LogP contribution in [0.3, 0.4) is 0 Å². The Bertz CT molecular complexity index is 422. The summed E-state index contributed by atoms with van der Waals surface area (Å²) in [6.45, 7) is 6.44. The molecule has 4 nitrogen and oxygen atoms in total. The summed E-state index contributed by atoms with van der Waals surface area (Å²) in [5, 5.41) is 0. The molecule has 1 aliphatic rings. The van der Waals surface area contributed by atoms with Crippen LogP contribution in [0.2, 0.25) is 0 Å². The van der Waals surface area contributed by atoms with Crippen molar-refractivity contribution >= 4 is 0 Å². The average molecular weight is 279 g/mol. The molecule has 112 valence electrons. The molecular formula is C16H25NO3. The molecule has 20 heavy (non-hydrogen) atoms. The molecule has 0 amide bonds. The van der Waals surface area contributed by atoms with Gasteiger partial charge < -0.3 is 14.2 Å². The minimum absolute atomic E-state index is 0.525. The summed E-state index contributed by atoms with van der Waals surface area (Å²) in [6.07, 6.45) is 1.13. The zero-order valence-corrected chi connectivity index (χ0v) is 12.7.